The van der Waals surface area contributed by atoms with Crippen molar-refractivity contribution in [3.63, 3.8) is 0 Å². The second-order valence-corrected chi connectivity index (χ2v) is 6.03. The number of carbonyl (C=O) groups excluding carboxylic acids is 2. The van der Waals surface area contributed by atoms with Crippen LogP contribution in [0.25, 0.3) is 0 Å². The Morgan fingerprint density at radius 2 is 1.75 bits per heavy atom. The summed E-state index contributed by atoms with van der Waals surface area (Å²) < 4.78 is 0. The molecule has 0 aromatic heterocycles. The number of carboxylic acids is 1. The monoisotopic (exact) mass is 284 g/mol. The Balaban J connectivity index is 2.34. The minimum atomic E-state index is -0.940. The standard InChI is InChI=1S/C14H24N2O4/c1-10(9-12(18)19)8-11(17)15-13(20)16-14(2)6-4-3-5-7-14/h10H,3-9H2,1-2H3,(H,18,19)(H2,15,16,17,20). The minimum Gasteiger partial charge on any atom is -0.481 e. The lowest BCUT2D eigenvalue weighted by molar-refractivity contribution is -0.138. The third kappa shape index (κ3) is 6.04. The van der Waals surface area contributed by atoms with Gasteiger partial charge in [0.25, 0.3) is 0 Å². The molecule has 0 aromatic rings. The molecule has 1 rings (SSSR count). The van der Waals surface area contributed by atoms with Crippen LogP contribution in [0.3, 0.4) is 0 Å². The van der Waals surface area contributed by atoms with Gasteiger partial charge in [0.05, 0.1) is 0 Å². The van der Waals surface area contributed by atoms with E-state index in [4.69, 9.17) is 5.11 Å². The van der Waals surface area contributed by atoms with Crippen molar-refractivity contribution < 1.29 is 19.5 Å². The second kappa shape index (κ2) is 7.26. The van der Waals surface area contributed by atoms with Crippen LogP contribution in [0.4, 0.5) is 4.79 Å². The van der Waals surface area contributed by atoms with Crippen LogP contribution in [-0.4, -0.2) is 28.6 Å². The van der Waals surface area contributed by atoms with Crippen LogP contribution in [0.2, 0.25) is 0 Å². The van der Waals surface area contributed by atoms with Crippen LogP contribution in [0, 0.1) is 5.92 Å². The van der Waals surface area contributed by atoms with Crippen LogP contribution in [0.1, 0.15) is 58.8 Å². The third-order valence-electron chi connectivity index (χ3n) is 3.68. The fourth-order valence-corrected chi connectivity index (χ4v) is 2.63. The molecule has 0 heterocycles. The van der Waals surface area contributed by atoms with Gasteiger partial charge in [0.1, 0.15) is 0 Å². The van der Waals surface area contributed by atoms with Gasteiger partial charge < -0.3 is 10.4 Å². The molecule has 3 amide bonds. The highest BCUT2D eigenvalue weighted by molar-refractivity contribution is 5.94. The molecular weight excluding hydrogens is 260 g/mol. The zero-order valence-corrected chi connectivity index (χ0v) is 12.2. The molecule has 1 fully saturated rings. The maximum atomic E-state index is 11.8. The molecule has 0 bridgehead atoms. The lowest BCUT2D eigenvalue weighted by atomic mass is 9.83. The predicted octanol–water partition coefficient (Wildman–Crippen LogP) is 2.04. The Morgan fingerprint density at radius 3 is 2.30 bits per heavy atom. The molecule has 1 unspecified atom stereocenters. The van der Waals surface area contributed by atoms with Gasteiger partial charge in [-0.15, -0.1) is 0 Å². The Labute approximate surface area is 119 Å². The molecule has 20 heavy (non-hydrogen) atoms. The fourth-order valence-electron chi connectivity index (χ4n) is 2.63. The molecule has 0 aliphatic heterocycles. The number of nitrogens with one attached hydrogen (secondary N) is 2. The highest BCUT2D eigenvalue weighted by Gasteiger charge is 2.28. The van der Waals surface area contributed by atoms with Crippen molar-refractivity contribution in [2.45, 2.75) is 64.3 Å². The van der Waals surface area contributed by atoms with Crippen LogP contribution < -0.4 is 10.6 Å². The van der Waals surface area contributed by atoms with E-state index in [-0.39, 0.29) is 24.3 Å². The van der Waals surface area contributed by atoms with Gasteiger partial charge >= 0.3 is 12.0 Å². The molecule has 0 saturated heterocycles. The van der Waals surface area contributed by atoms with Crippen molar-refractivity contribution in [2.24, 2.45) is 5.92 Å². The summed E-state index contributed by atoms with van der Waals surface area (Å²) in [6.45, 7) is 3.66. The molecule has 1 atom stereocenters. The molecule has 6 heteroatoms. The molecule has 0 radical (unpaired) electrons. The van der Waals surface area contributed by atoms with Gasteiger partial charge in [0, 0.05) is 18.4 Å². The molecular formula is C14H24N2O4. The molecule has 6 nitrogen and oxygen atoms in total. The van der Waals surface area contributed by atoms with Gasteiger partial charge in [-0.3, -0.25) is 14.9 Å². The van der Waals surface area contributed by atoms with E-state index in [1.807, 2.05) is 6.92 Å². The Hall–Kier alpha value is -1.59. The number of hydrogen-bond acceptors (Lipinski definition) is 3. The fraction of sp³-hybridized carbons (Fsp3) is 0.786. The highest BCUT2D eigenvalue weighted by Crippen LogP contribution is 2.27. The minimum absolute atomic E-state index is 0.0381. The number of imide groups is 1. The van der Waals surface area contributed by atoms with Gasteiger partial charge in [-0.05, 0) is 25.7 Å². The molecule has 114 valence electrons. The van der Waals surface area contributed by atoms with E-state index in [0.717, 1.165) is 25.7 Å². The van der Waals surface area contributed by atoms with Crippen LogP contribution in [0.5, 0.6) is 0 Å². The summed E-state index contributed by atoms with van der Waals surface area (Å²) in [5.74, 6) is -1.66. The SMILES string of the molecule is CC(CC(=O)O)CC(=O)NC(=O)NC1(C)CCCCC1. The zero-order valence-electron chi connectivity index (χ0n) is 12.2. The van der Waals surface area contributed by atoms with Crippen LogP contribution in [-0.2, 0) is 9.59 Å². The van der Waals surface area contributed by atoms with Crippen LogP contribution in [0.15, 0.2) is 0 Å². The summed E-state index contributed by atoms with van der Waals surface area (Å²) in [7, 11) is 0. The first-order valence-corrected chi connectivity index (χ1v) is 7.14. The average Bonchev–Trinajstić information content (AvgIpc) is 2.26. The number of carboxylic acid groups (broad SMARTS) is 1. The number of hydrogen-bond donors (Lipinski definition) is 3. The van der Waals surface area contributed by atoms with E-state index in [1.54, 1.807) is 6.92 Å². The second-order valence-electron chi connectivity index (χ2n) is 6.03. The topological polar surface area (TPSA) is 95.5 Å². The van der Waals surface area contributed by atoms with Crippen molar-refractivity contribution in [3.8, 4) is 0 Å². The number of carbonyl (C=O) groups is 3. The Kier molecular flexibility index (Phi) is 5.98. The quantitative estimate of drug-likeness (QED) is 0.720. The van der Waals surface area contributed by atoms with Gasteiger partial charge in [0.15, 0.2) is 0 Å². The molecule has 1 saturated carbocycles. The van der Waals surface area contributed by atoms with Crippen molar-refractivity contribution in [1.29, 1.82) is 0 Å². The van der Waals surface area contributed by atoms with E-state index < -0.39 is 17.9 Å². The smallest absolute Gasteiger partial charge is 0.321 e. The number of aliphatic carboxylic acids is 1. The summed E-state index contributed by atoms with van der Waals surface area (Å²) in [5.41, 5.74) is -0.241. The third-order valence-corrected chi connectivity index (χ3v) is 3.68. The predicted molar refractivity (Wildman–Crippen MR) is 74.2 cm³/mol. The zero-order chi connectivity index (χ0) is 15.2. The first kappa shape index (κ1) is 16.5. The summed E-state index contributed by atoms with van der Waals surface area (Å²) in [6.07, 6.45) is 5.16. The van der Waals surface area contributed by atoms with Crippen molar-refractivity contribution >= 4 is 17.9 Å². The van der Waals surface area contributed by atoms with Gasteiger partial charge in [-0.2, -0.15) is 0 Å². The summed E-state index contributed by atoms with van der Waals surface area (Å²) in [4.78, 5) is 33.9. The molecule has 0 spiro atoms. The molecule has 3 N–H and O–H groups in total. The molecule has 1 aliphatic carbocycles. The van der Waals surface area contributed by atoms with E-state index in [2.05, 4.69) is 10.6 Å². The van der Waals surface area contributed by atoms with Crippen molar-refractivity contribution in [2.75, 3.05) is 0 Å². The van der Waals surface area contributed by atoms with Crippen LogP contribution >= 0.6 is 0 Å². The average molecular weight is 284 g/mol. The first-order valence-electron chi connectivity index (χ1n) is 7.14. The maximum Gasteiger partial charge on any atom is 0.321 e. The number of urea groups is 1. The molecule has 0 aromatic carbocycles. The van der Waals surface area contributed by atoms with E-state index in [1.165, 1.54) is 6.42 Å². The van der Waals surface area contributed by atoms with Gasteiger partial charge in [-0.25, -0.2) is 4.79 Å². The molecule has 1 aliphatic rings. The van der Waals surface area contributed by atoms with Crippen molar-refractivity contribution in [3.05, 3.63) is 0 Å². The summed E-state index contributed by atoms with van der Waals surface area (Å²) in [5, 5.41) is 13.7. The maximum absolute atomic E-state index is 11.8. The Morgan fingerprint density at radius 1 is 1.15 bits per heavy atom. The van der Waals surface area contributed by atoms with Crippen molar-refractivity contribution in [1.82, 2.24) is 10.6 Å². The summed E-state index contributed by atoms with van der Waals surface area (Å²) >= 11 is 0. The van der Waals surface area contributed by atoms with Gasteiger partial charge in [-0.1, -0.05) is 26.2 Å². The van der Waals surface area contributed by atoms with E-state index in [9.17, 15) is 14.4 Å². The number of rotatable bonds is 5. The normalized spacial score (nSPS) is 18.9. The lowest BCUT2D eigenvalue weighted by Crippen LogP contribution is -2.52. The number of amides is 3. The lowest BCUT2D eigenvalue weighted by Gasteiger charge is -2.34. The summed E-state index contributed by atoms with van der Waals surface area (Å²) in [6, 6.07) is -0.484. The largest absolute Gasteiger partial charge is 0.481 e. The van der Waals surface area contributed by atoms with E-state index >= 15 is 0 Å². The highest BCUT2D eigenvalue weighted by atomic mass is 16.4. The first-order chi connectivity index (χ1) is 9.31. The van der Waals surface area contributed by atoms with E-state index in [0.29, 0.717) is 0 Å². The van der Waals surface area contributed by atoms with Gasteiger partial charge in [0.2, 0.25) is 5.91 Å². The Bertz CT molecular complexity index is 375.